The molecule has 1 atom stereocenters. The Balaban J connectivity index is 1.70. The average molecular weight is 233 g/mol. The first-order valence-corrected chi connectivity index (χ1v) is 5.49. The molecule has 17 heavy (non-hydrogen) atoms. The van der Waals surface area contributed by atoms with Gasteiger partial charge in [-0.15, -0.1) is 5.06 Å². The minimum atomic E-state index is -0.387. The number of hydrogen-bond donors (Lipinski definition) is 0. The highest BCUT2D eigenvalue weighted by molar-refractivity contribution is 6.20. The van der Waals surface area contributed by atoms with Crippen LogP contribution in [0.5, 0.6) is 0 Å². The Morgan fingerprint density at radius 3 is 2.35 bits per heavy atom. The molecule has 5 heteroatoms. The lowest BCUT2D eigenvalue weighted by Gasteiger charge is -2.12. The number of epoxide rings is 1. The fraction of sp³-hybridized carbons (Fsp3) is 0.333. The predicted molar refractivity (Wildman–Crippen MR) is 57.3 cm³/mol. The molecule has 1 saturated heterocycles. The number of benzene rings is 1. The lowest BCUT2D eigenvalue weighted by molar-refractivity contribution is -0.0929. The van der Waals surface area contributed by atoms with Gasteiger partial charge in [-0.05, 0) is 12.1 Å². The predicted octanol–water partition coefficient (Wildman–Crippen LogP) is 1.00. The molecule has 0 N–H and O–H groups in total. The van der Waals surface area contributed by atoms with Crippen LogP contribution in [0.3, 0.4) is 0 Å². The van der Waals surface area contributed by atoms with E-state index in [1.165, 1.54) is 0 Å². The first-order valence-electron chi connectivity index (χ1n) is 5.49. The maximum Gasteiger partial charge on any atom is 0.285 e. The van der Waals surface area contributed by atoms with Crippen molar-refractivity contribution in [3.05, 3.63) is 35.4 Å². The molecule has 0 bridgehead atoms. The van der Waals surface area contributed by atoms with Gasteiger partial charge < -0.3 is 4.74 Å². The van der Waals surface area contributed by atoms with Crippen LogP contribution < -0.4 is 0 Å². The van der Waals surface area contributed by atoms with Gasteiger partial charge in [0.05, 0.1) is 30.4 Å². The van der Waals surface area contributed by atoms with Crippen LogP contribution in [0.2, 0.25) is 0 Å². The fourth-order valence-corrected chi connectivity index (χ4v) is 1.79. The van der Waals surface area contributed by atoms with Crippen LogP contribution in [0.1, 0.15) is 27.1 Å². The quantitative estimate of drug-likeness (QED) is 0.575. The van der Waals surface area contributed by atoms with Crippen molar-refractivity contribution in [1.82, 2.24) is 5.06 Å². The summed E-state index contributed by atoms with van der Waals surface area (Å²) < 4.78 is 5.02. The first kappa shape index (κ1) is 10.4. The zero-order chi connectivity index (χ0) is 11.8. The van der Waals surface area contributed by atoms with Crippen molar-refractivity contribution in [1.29, 1.82) is 0 Å². The van der Waals surface area contributed by atoms with Gasteiger partial charge in [-0.2, -0.15) is 0 Å². The number of carbonyl (C=O) groups is 2. The molecule has 2 aliphatic rings. The second-order valence-electron chi connectivity index (χ2n) is 4.03. The van der Waals surface area contributed by atoms with E-state index < -0.39 is 0 Å². The summed E-state index contributed by atoms with van der Waals surface area (Å²) in [7, 11) is 0. The van der Waals surface area contributed by atoms with Crippen molar-refractivity contribution in [3.8, 4) is 0 Å². The van der Waals surface area contributed by atoms with E-state index in [1.54, 1.807) is 24.3 Å². The molecular formula is C12H11NO4. The van der Waals surface area contributed by atoms with Gasteiger partial charge in [-0.1, -0.05) is 12.1 Å². The number of fused-ring (bicyclic) bond motifs is 1. The van der Waals surface area contributed by atoms with Gasteiger partial charge in [0.2, 0.25) is 0 Å². The minimum Gasteiger partial charge on any atom is -0.373 e. The lowest BCUT2D eigenvalue weighted by Crippen LogP contribution is -2.30. The fourth-order valence-electron chi connectivity index (χ4n) is 1.79. The van der Waals surface area contributed by atoms with E-state index in [2.05, 4.69) is 0 Å². The Morgan fingerprint density at radius 2 is 1.82 bits per heavy atom. The highest BCUT2D eigenvalue weighted by Crippen LogP contribution is 2.23. The largest absolute Gasteiger partial charge is 0.373 e. The molecule has 3 rings (SSSR count). The first-order chi connectivity index (χ1) is 8.27. The molecular weight excluding hydrogens is 222 g/mol. The van der Waals surface area contributed by atoms with Crippen molar-refractivity contribution >= 4 is 11.8 Å². The van der Waals surface area contributed by atoms with E-state index in [1.807, 2.05) is 0 Å². The molecule has 0 aromatic heterocycles. The summed E-state index contributed by atoms with van der Waals surface area (Å²) in [4.78, 5) is 28.9. The van der Waals surface area contributed by atoms with Gasteiger partial charge in [0.1, 0.15) is 0 Å². The molecule has 2 heterocycles. The summed E-state index contributed by atoms with van der Waals surface area (Å²) in [6.07, 6.45) is 0.929. The van der Waals surface area contributed by atoms with Gasteiger partial charge in [0, 0.05) is 6.42 Å². The third kappa shape index (κ3) is 1.83. The zero-order valence-electron chi connectivity index (χ0n) is 9.09. The maximum absolute atomic E-state index is 11.8. The number of nitrogens with zero attached hydrogens (tertiary/aromatic N) is 1. The highest BCUT2D eigenvalue weighted by Gasteiger charge is 2.36. The molecule has 1 fully saturated rings. The van der Waals surface area contributed by atoms with Gasteiger partial charge in [-0.3, -0.25) is 14.4 Å². The van der Waals surface area contributed by atoms with Crippen molar-refractivity contribution in [2.24, 2.45) is 0 Å². The van der Waals surface area contributed by atoms with Crippen molar-refractivity contribution in [3.63, 3.8) is 0 Å². The SMILES string of the molecule is O=C1c2ccccc2C(=O)N1OCCC1CO1. The second kappa shape index (κ2) is 3.94. The van der Waals surface area contributed by atoms with E-state index in [4.69, 9.17) is 9.57 Å². The topological polar surface area (TPSA) is 59.1 Å². The summed E-state index contributed by atoms with van der Waals surface area (Å²) in [6, 6.07) is 6.71. The standard InChI is InChI=1S/C12H11NO4/c14-11-9-3-1-2-4-10(9)12(15)13(11)17-6-5-8-7-16-8/h1-4,8H,5-7H2. The van der Waals surface area contributed by atoms with Gasteiger partial charge >= 0.3 is 0 Å². The molecule has 88 valence electrons. The summed E-state index contributed by atoms with van der Waals surface area (Å²) in [5, 5.41) is 0.840. The number of hydrogen-bond acceptors (Lipinski definition) is 4. The molecule has 0 radical (unpaired) electrons. The van der Waals surface area contributed by atoms with E-state index in [0.717, 1.165) is 11.7 Å². The minimum absolute atomic E-state index is 0.227. The molecule has 0 saturated carbocycles. The number of ether oxygens (including phenoxy) is 1. The van der Waals surface area contributed by atoms with Gasteiger partial charge in [-0.25, -0.2) is 0 Å². The van der Waals surface area contributed by atoms with Crippen molar-refractivity contribution < 1.29 is 19.2 Å². The maximum atomic E-state index is 11.8. The Bertz CT molecular complexity index is 446. The second-order valence-corrected chi connectivity index (χ2v) is 4.03. The third-order valence-electron chi connectivity index (χ3n) is 2.82. The number of hydroxylamine groups is 2. The van der Waals surface area contributed by atoms with Crippen LogP contribution in [-0.4, -0.2) is 36.2 Å². The molecule has 1 unspecified atom stereocenters. The molecule has 5 nitrogen and oxygen atoms in total. The Labute approximate surface area is 97.9 Å². The smallest absolute Gasteiger partial charge is 0.285 e. The van der Waals surface area contributed by atoms with Gasteiger partial charge in [0.25, 0.3) is 11.8 Å². The van der Waals surface area contributed by atoms with E-state index in [0.29, 0.717) is 24.2 Å². The number of imide groups is 1. The Kier molecular flexibility index (Phi) is 2.42. The molecule has 1 aromatic carbocycles. The van der Waals surface area contributed by atoms with E-state index >= 15 is 0 Å². The van der Waals surface area contributed by atoms with E-state index in [9.17, 15) is 9.59 Å². The molecule has 0 spiro atoms. The Hall–Kier alpha value is -1.72. The highest BCUT2D eigenvalue weighted by atomic mass is 16.7. The molecule has 1 aromatic rings. The normalized spacial score (nSPS) is 21.9. The van der Waals surface area contributed by atoms with Crippen LogP contribution >= 0.6 is 0 Å². The van der Waals surface area contributed by atoms with Crippen molar-refractivity contribution in [2.75, 3.05) is 13.2 Å². The van der Waals surface area contributed by atoms with Crippen LogP contribution in [0.4, 0.5) is 0 Å². The van der Waals surface area contributed by atoms with Crippen LogP contribution in [-0.2, 0) is 9.57 Å². The van der Waals surface area contributed by atoms with Crippen LogP contribution in [0, 0.1) is 0 Å². The zero-order valence-corrected chi connectivity index (χ0v) is 9.09. The number of amides is 2. The number of carbonyl (C=O) groups excluding carboxylic acids is 2. The third-order valence-corrected chi connectivity index (χ3v) is 2.82. The number of rotatable bonds is 4. The molecule has 2 amide bonds. The summed E-state index contributed by atoms with van der Waals surface area (Å²) >= 11 is 0. The lowest BCUT2D eigenvalue weighted by atomic mass is 10.1. The summed E-state index contributed by atoms with van der Waals surface area (Å²) in [5.74, 6) is -0.773. The monoisotopic (exact) mass is 233 g/mol. The van der Waals surface area contributed by atoms with Crippen LogP contribution in [0.15, 0.2) is 24.3 Å². The Morgan fingerprint density at radius 1 is 1.24 bits per heavy atom. The van der Waals surface area contributed by atoms with Crippen LogP contribution in [0.25, 0.3) is 0 Å². The summed E-state index contributed by atoms with van der Waals surface area (Å²) in [5.41, 5.74) is 0.806. The summed E-state index contributed by atoms with van der Waals surface area (Å²) in [6.45, 7) is 1.06. The molecule has 0 aliphatic carbocycles. The average Bonchev–Trinajstić information content (AvgIpc) is 3.13. The molecule has 2 aliphatic heterocycles. The van der Waals surface area contributed by atoms with Gasteiger partial charge in [0.15, 0.2) is 0 Å². The van der Waals surface area contributed by atoms with Crippen molar-refractivity contribution in [2.45, 2.75) is 12.5 Å². The van der Waals surface area contributed by atoms with E-state index in [-0.39, 0.29) is 17.9 Å².